The van der Waals surface area contributed by atoms with Gasteiger partial charge in [-0.05, 0) is 0 Å². The maximum Gasteiger partial charge on any atom is 0.187 e. The van der Waals surface area contributed by atoms with E-state index in [-0.39, 0.29) is 178 Å². The fraction of sp³-hybridized carbons (Fsp3) is 0. The first-order chi connectivity index (χ1) is 0. The summed E-state index contributed by atoms with van der Waals surface area (Å²) in [5.41, 5.74) is 0. The van der Waals surface area contributed by atoms with Crippen LogP contribution in [-0.4, -0.2) is 156 Å². The topological polar surface area (TPSA) is 0 Å². The molecule has 0 radical (unpaired) electrons. The van der Waals surface area contributed by atoms with Crippen LogP contribution in [0.5, 0.6) is 0 Å². The van der Waals surface area contributed by atoms with Crippen molar-refractivity contribution in [2.45, 2.75) is 0 Å². The van der Waals surface area contributed by atoms with Crippen molar-refractivity contribution >= 4 is 156 Å². The molecule has 0 atom stereocenters. The van der Waals surface area contributed by atoms with Gasteiger partial charge in [0.25, 0.3) is 0 Å². The standard InChI is InChI=1S/9Al.Ti.27H. The molecule has 0 saturated heterocycles. The zero-order valence-corrected chi connectivity index (χ0v) is 2.06. The summed E-state index contributed by atoms with van der Waals surface area (Å²) in [6.07, 6.45) is 0. The predicted octanol–water partition coefficient (Wildman–Crippen LogP) is -10.7. The van der Waals surface area contributed by atoms with Gasteiger partial charge in [-0.25, -0.2) is 0 Å². The molecule has 10 heavy (non-hydrogen) atoms. The van der Waals surface area contributed by atoms with Crippen molar-refractivity contribution < 1.29 is 21.7 Å². The van der Waals surface area contributed by atoms with Crippen LogP contribution in [0.4, 0.5) is 0 Å². The molecule has 0 aromatic heterocycles. The van der Waals surface area contributed by atoms with E-state index in [2.05, 4.69) is 0 Å². The fourth-order valence-electron chi connectivity index (χ4n) is 0. The van der Waals surface area contributed by atoms with Gasteiger partial charge in [0.05, 0.1) is 0 Å². The maximum absolute atomic E-state index is 0. The van der Waals surface area contributed by atoms with E-state index in [1.54, 1.807) is 0 Å². The molecular weight excluding hydrogens is 291 g/mol. The van der Waals surface area contributed by atoms with Crippen LogP contribution in [0.15, 0.2) is 0 Å². The first kappa shape index (κ1) is 108. The molecule has 0 rings (SSSR count). The largest absolute Gasteiger partial charge is 0.187 e. The Labute approximate surface area is 174 Å². The number of rotatable bonds is 0. The fourth-order valence-corrected chi connectivity index (χ4v) is 0. The van der Waals surface area contributed by atoms with E-state index in [4.69, 9.17) is 0 Å². The van der Waals surface area contributed by atoms with Crippen LogP contribution in [0.25, 0.3) is 0 Å². The molecule has 0 aromatic carbocycles. The van der Waals surface area contributed by atoms with Gasteiger partial charge in [-0.1, -0.05) is 0 Å². The van der Waals surface area contributed by atoms with Gasteiger partial charge in [0.15, 0.2) is 156 Å². The Kier molecular flexibility index (Phi) is 939. The van der Waals surface area contributed by atoms with Crippen molar-refractivity contribution in [3.8, 4) is 0 Å². The molecule has 0 aromatic rings. The molecule has 0 aliphatic heterocycles. The van der Waals surface area contributed by atoms with Gasteiger partial charge in [0, 0.05) is 21.7 Å². The van der Waals surface area contributed by atoms with Crippen LogP contribution < -0.4 is 0 Å². The minimum Gasteiger partial charge on any atom is 0 e. The summed E-state index contributed by atoms with van der Waals surface area (Å²) < 4.78 is 0. The van der Waals surface area contributed by atoms with Crippen LogP contribution in [0.3, 0.4) is 0 Å². The van der Waals surface area contributed by atoms with Crippen molar-refractivity contribution in [3.63, 3.8) is 0 Å². The van der Waals surface area contributed by atoms with Crippen molar-refractivity contribution in [2.24, 2.45) is 0 Å². The van der Waals surface area contributed by atoms with E-state index in [1.807, 2.05) is 0 Å². The zero-order valence-electron chi connectivity index (χ0n) is 0.500. The first-order valence-electron chi connectivity index (χ1n) is 0. The van der Waals surface area contributed by atoms with Gasteiger partial charge in [-0.3, -0.25) is 0 Å². The quantitative estimate of drug-likeness (QED) is 0.389. The first-order valence-corrected chi connectivity index (χ1v) is 0. The summed E-state index contributed by atoms with van der Waals surface area (Å²) in [7, 11) is 0. The van der Waals surface area contributed by atoms with E-state index in [0.717, 1.165) is 0 Å². The van der Waals surface area contributed by atoms with Crippen LogP contribution in [0.2, 0.25) is 0 Å². The van der Waals surface area contributed by atoms with Crippen molar-refractivity contribution in [1.29, 1.82) is 0 Å². The van der Waals surface area contributed by atoms with Crippen molar-refractivity contribution in [3.05, 3.63) is 0 Å². The molecule has 0 unspecified atom stereocenters. The molecule has 0 saturated carbocycles. The summed E-state index contributed by atoms with van der Waals surface area (Å²) in [5, 5.41) is 0. The molecule has 0 spiro atoms. The average Bonchev–Trinajstić information content (AvgIpc) is 0. The molecule has 10 heteroatoms. The van der Waals surface area contributed by atoms with Crippen LogP contribution in [0, 0.1) is 0 Å². The molecule has 0 aliphatic rings. The van der Waals surface area contributed by atoms with E-state index < -0.39 is 0 Å². The molecule has 0 nitrogen and oxygen atoms in total. The summed E-state index contributed by atoms with van der Waals surface area (Å²) in [5.74, 6) is 0. The van der Waals surface area contributed by atoms with Crippen LogP contribution >= 0.6 is 0 Å². The van der Waals surface area contributed by atoms with Gasteiger partial charge in [-0.2, -0.15) is 0 Å². The number of hydrogen-bond donors (Lipinski definition) is 0. The maximum atomic E-state index is 0. The summed E-state index contributed by atoms with van der Waals surface area (Å²) in [6, 6.07) is 0. The van der Waals surface area contributed by atoms with E-state index in [1.165, 1.54) is 0 Å². The second kappa shape index (κ2) is 87.3. The van der Waals surface area contributed by atoms with E-state index in [0.29, 0.717) is 0 Å². The monoisotopic (exact) mass is 318 g/mol. The Morgan fingerprint density at radius 2 is 0.200 bits per heavy atom. The third kappa shape index (κ3) is 69.7. The van der Waals surface area contributed by atoms with Gasteiger partial charge in [0.1, 0.15) is 0 Å². The Morgan fingerprint density at radius 1 is 0.200 bits per heavy atom. The minimum atomic E-state index is 0. The number of hydrogen-bond acceptors (Lipinski definition) is 0. The van der Waals surface area contributed by atoms with E-state index >= 15 is 0 Å². The SMILES string of the molecule is [AlH3].[AlH3].[AlH3].[AlH3].[AlH3].[AlH3].[AlH3].[AlH3].[AlH3].[Ti]. The van der Waals surface area contributed by atoms with Crippen molar-refractivity contribution in [2.75, 3.05) is 0 Å². The minimum absolute atomic E-state index is 0. The van der Waals surface area contributed by atoms with E-state index in [9.17, 15) is 0 Å². The predicted molar refractivity (Wildman–Crippen MR) is 89.5 cm³/mol. The molecule has 0 N–H and O–H groups in total. The Balaban J connectivity index is 0. The smallest absolute Gasteiger partial charge is 0 e. The second-order valence-electron chi connectivity index (χ2n) is 0. The molecule has 0 heterocycles. The molecule has 0 fully saturated rings. The average molecular weight is 318 g/mol. The van der Waals surface area contributed by atoms with Gasteiger partial charge >= 0.3 is 0 Å². The third-order valence-electron chi connectivity index (χ3n) is 0. The summed E-state index contributed by atoms with van der Waals surface area (Å²) in [4.78, 5) is 0. The normalized spacial score (nSPS) is 0. The molecule has 0 aliphatic carbocycles. The zero-order chi connectivity index (χ0) is 0. The Morgan fingerprint density at radius 3 is 0.200 bits per heavy atom. The van der Waals surface area contributed by atoms with Gasteiger partial charge in [0.2, 0.25) is 0 Å². The molecule has 0 bridgehead atoms. The van der Waals surface area contributed by atoms with Gasteiger partial charge in [-0.15, -0.1) is 0 Å². The van der Waals surface area contributed by atoms with Crippen molar-refractivity contribution in [1.82, 2.24) is 0 Å². The Bertz CT molecular complexity index is 4.69. The summed E-state index contributed by atoms with van der Waals surface area (Å²) >= 11 is 0. The molecule has 58 valence electrons. The molecular formula is H27Al9Ti. The van der Waals surface area contributed by atoms with Gasteiger partial charge < -0.3 is 0 Å². The molecule has 0 amide bonds. The second-order valence-corrected chi connectivity index (χ2v) is 0. The van der Waals surface area contributed by atoms with Crippen LogP contribution in [0.1, 0.15) is 0 Å². The third-order valence-corrected chi connectivity index (χ3v) is 0. The Hall–Kier alpha value is 5.51. The van der Waals surface area contributed by atoms with Crippen LogP contribution in [-0.2, 0) is 21.7 Å². The summed E-state index contributed by atoms with van der Waals surface area (Å²) in [6.45, 7) is 0.